The Kier molecular flexibility index (Phi) is 8.61. The number of halogens is 3. The van der Waals surface area contributed by atoms with Gasteiger partial charge in [0.2, 0.25) is 0 Å². The highest BCUT2D eigenvalue weighted by Gasteiger charge is 2.34. The smallest absolute Gasteiger partial charge is 0.352 e. The zero-order valence-electron chi connectivity index (χ0n) is 22.8. The van der Waals surface area contributed by atoms with Crippen molar-refractivity contribution in [1.29, 1.82) is 0 Å². The Morgan fingerprint density at radius 3 is 2.40 bits per heavy atom. The third-order valence-corrected chi connectivity index (χ3v) is 6.91. The summed E-state index contributed by atoms with van der Waals surface area (Å²) in [6.07, 6.45) is -3.08. The number of amides is 2. The first-order chi connectivity index (χ1) is 19.0. The van der Waals surface area contributed by atoms with E-state index >= 15 is 0 Å². The quantitative estimate of drug-likeness (QED) is 0.474. The SMILES string of the molecule is CNC(=O)c1ncc(C#Cc2cc(C(=O)Nc3ccc(CN4CCN(C)CC4)c(C(F)(F)F)c3)ccc2C)n1C. The standard InChI is InChI=1S/C29H31F3N6O2/c1-19-5-6-21(15-20(19)8-10-24-17-34-26(37(24)4)28(40)33-2)27(39)35-23-9-7-22(25(16-23)29(30,31)32)18-38-13-11-36(3)12-14-38/h5-7,9,15-17H,11-14,18H2,1-4H3,(H,33,40)(H,35,39). The van der Waals surface area contributed by atoms with Crippen LogP contribution in [0.1, 0.15) is 48.9 Å². The summed E-state index contributed by atoms with van der Waals surface area (Å²) < 4.78 is 43.4. The molecule has 2 heterocycles. The predicted molar refractivity (Wildman–Crippen MR) is 146 cm³/mol. The van der Waals surface area contributed by atoms with Crippen LogP contribution in [0.25, 0.3) is 0 Å². The van der Waals surface area contributed by atoms with E-state index in [-0.39, 0.29) is 35.1 Å². The molecule has 0 atom stereocenters. The van der Waals surface area contributed by atoms with Crippen molar-refractivity contribution in [2.75, 3.05) is 45.6 Å². The summed E-state index contributed by atoms with van der Waals surface area (Å²) in [5, 5.41) is 5.10. The second kappa shape index (κ2) is 11.9. The van der Waals surface area contributed by atoms with E-state index in [9.17, 15) is 22.8 Å². The van der Waals surface area contributed by atoms with Crippen molar-refractivity contribution in [1.82, 2.24) is 24.7 Å². The normalized spacial score (nSPS) is 14.4. The van der Waals surface area contributed by atoms with Crippen LogP contribution in [0.2, 0.25) is 0 Å². The topological polar surface area (TPSA) is 82.5 Å². The van der Waals surface area contributed by atoms with E-state index < -0.39 is 17.6 Å². The number of hydrogen-bond acceptors (Lipinski definition) is 5. The van der Waals surface area contributed by atoms with Gasteiger partial charge in [-0.2, -0.15) is 13.2 Å². The van der Waals surface area contributed by atoms with Crippen LogP contribution in [0.4, 0.5) is 18.9 Å². The van der Waals surface area contributed by atoms with Crippen LogP contribution < -0.4 is 10.6 Å². The molecule has 0 radical (unpaired) electrons. The molecule has 0 aliphatic carbocycles. The summed E-state index contributed by atoms with van der Waals surface area (Å²) in [5.41, 5.74) is 1.61. The minimum Gasteiger partial charge on any atom is -0.352 e. The van der Waals surface area contributed by atoms with E-state index in [4.69, 9.17) is 0 Å². The Balaban J connectivity index is 1.53. The van der Waals surface area contributed by atoms with Crippen LogP contribution >= 0.6 is 0 Å². The van der Waals surface area contributed by atoms with Crippen LogP contribution in [0, 0.1) is 18.8 Å². The molecule has 1 aliphatic rings. The lowest BCUT2D eigenvalue weighted by Gasteiger charge is -2.33. The van der Waals surface area contributed by atoms with Gasteiger partial charge < -0.3 is 20.1 Å². The first kappa shape index (κ1) is 28.9. The maximum Gasteiger partial charge on any atom is 0.416 e. The Morgan fingerprint density at radius 1 is 1.00 bits per heavy atom. The molecule has 8 nitrogen and oxygen atoms in total. The molecular weight excluding hydrogens is 521 g/mol. The van der Waals surface area contributed by atoms with Gasteiger partial charge in [0.15, 0.2) is 5.82 Å². The number of nitrogens with one attached hydrogen (secondary N) is 2. The number of alkyl halides is 3. The van der Waals surface area contributed by atoms with Gasteiger partial charge >= 0.3 is 6.18 Å². The van der Waals surface area contributed by atoms with Crippen molar-refractivity contribution in [2.45, 2.75) is 19.6 Å². The zero-order chi connectivity index (χ0) is 29.0. The molecule has 40 heavy (non-hydrogen) atoms. The number of carbonyl (C=O) groups excluding carboxylic acids is 2. The maximum atomic E-state index is 13.9. The average molecular weight is 553 g/mol. The summed E-state index contributed by atoms with van der Waals surface area (Å²) in [5.74, 6) is 5.28. The van der Waals surface area contributed by atoms with E-state index in [1.165, 1.54) is 25.4 Å². The Hall–Kier alpha value is -4.14. The third kappa shape index (κ3) is 6.70. The van der Waals surface area contributed by atoms with Crippen molar-refractivity contribution in [2.24, 2.45) is 7.05 Å². The van der Waals surface area contributed by atoms with Gasteiger partial charge in [-0.05, 0) is 55.3 Å². The lowest BCUT2D eigenvalue weighted by molar-refractivity contribution is -0.138. The highest BCUT2D eigenvalue weighted by atomic mass is 19.4. The van der Waals surface area contributed by atoms with E-state index in [0.29, 0.717) is 24.3 Å². The van der Waals surface area contributed by atoms with E-state index in [0.717, 1.165) is 24.7 Å². The number of nitrogens with zero attached hydrogens (tertiary/aromatic N) is 4. The zero-order valence-corrected chi connectivity index (χ0v) is 22.8. The summed E-state index contributed by atoms with van der Waals surface area (Å²) in [4.78, 5) is 33.1. The summed E-state index contributed by atoms with van der Waals surface area (Å²) in [6, 6.07) is 8.82. The Morgan fingerprint density at radius 2 is 1.73 bits per heavy atom. The number of anilines is 1. The predicted octanol–water partition coefficient (Wildman–Crippen LogP) is 3.51. The fourth-order valence-electron chi connectivity index (χ4n) is 4.38. The van der Waals surface area contributed by atoms with Gasteiger partial charge in [0.05, 0.1) is 11.8 Å². The second-order valence-electron chi connectivity index (χ2n) is 9.79. The van der Waals surface area contributed by atoms with Crippen molar-refractivity contribution >= 4 is 17.5 Å². The van der Waals surface area contributed by atoms with Gasteiger partial charge in [0.1, 0.15) is 5.69 Å². The highest BCUT2D eigenvalue weighted by Crippen LogP contribution is 2.34. The summed E-state index contributed by atoms with van der Waals surface area (Å²) >= 11 is 0. The largest absolute Gasteiger partial charge is 0.416 e. The molecule has 3 aromatic rings. The van der Waals surface area contributed by atoms with E-state index in [1.807, 2.05) is 18.9 Å². The number of benzene rings is 2. The lowest BCUT2D eigenvalue weighted by Crippen LogP contribution is -2.44. The van der Waals surface area contributed by atoms with E-state index in [2.05, 4.69) is 32.4 Å². The van der Waals surface area contributed by atoms with Gasteiger partial charge in [-0.1, -0.05) is 18.1 Å². The molecule has 0 bridgehead atoms. The first-order valence-electron chi connectivity index (χ1n) is 12.7. The molecule has 0 saturated carbocycles. The molecule has 4 rings (SSSR count). The minimum absolute atomic E-state index is 0.0595. The molecule has 2 amide bonds. The molecule has 1 saturated heterocycles. The van der Waals surface area contributed by atoms with Crippen molar-refractivity contribution in [3.05, 3.63) is 81.9 Å². The molecule has 0 unspecified atom stereocenters. The van der Waals surface area contributed by atoms with E-state index in [1.54, 1.807) is 29.8 Å². The van der Waals surface area contributed by atoms with Crippen molar-refractivity contribution in [3.8, 4) is 11.8 Å². The fraction of sp³-hybridized carbons (Fsp3) is 0.345. The minimum atomic E-state index is -4.56. The maximum absolute atomic E-state index is 13.9. The molecule has 0 spiro atoms. The molecule has 1 aliphatic heterocycles. The number of aromatic nitrogens is 2. The summed E-state index contributed by atoms with van der Waals surface area (Å²) in [7, 11) is 5.17. The average Bonchev–Trinajstić information content (AvgIpc) is 3.29. The number of piperazine rings is 1. The van der Waals surface area contributed by atoms with Crippen LogP contribution in [-0.4, -0.2) is 71.4 Å². The number of likely N-dealkylation sites (N-methyl/N-ethyl adjacent to an activating group) is 1. The molecule has 11 heteroatoms. The van der Waals surface area contributed by atoms with Crippen LogP contribution in [0.5, 0.6) is 0 Å². The van der Waals surface area contributed by atoms with Gasteiger partial charge in [0, 0.05) is 63.6 Å². The van der Waals surface area contributed by atoms with Crippen LogP contribution in [0.15, 0.2) is 42.6 Å². The van der Waals surface area contributed by atoms with Gasteiger partial charge in [-0.3, -0.25) is 14.5 Å². The molecule has 210 valence electrons. The lowest BCUT2D eigenvalue weighted by atomic mass is 10.0. The molecule has 2 aromatic carbocycles. The highest BCUT2D eigenvalue weighted by molar-refractivity contribution is 6.04. The Labute approximate surface area is 231 Å². The van der Waals surface area contributed by atoms with Crippen molar-refractivity contribution in [3.63, 3.8) is 0 Å². The number of rotatable bonds is 5. The van der Waals surface area contributed by atoms with Gasteiger partial charge in [-0.15, -0.1) is 0 Å². The first-order valence-corrected chi connectivity index (χ1v) is 12.7. The molecule has 1 aromatic heterocycles. The monoisotopic (exact) mass is 552 g/mol. The van der Waals surface area contributed by atoms with Crippen LogP contribution in [-0.2, 0) is 19.8 Å². The van der Waals surface area contributed by atoms with Crippen LogP contribution in [0.3, 0.4) is 0 Å². The molecule has 2 N–H and O–H groups in total. The summed E-state index contributed by atoms with van der Waals surface area (Å²) in [6.45, 7) is 5.02. The van der Waals surface area contributed by atoms with Gasteiger partial charge in [0.25, 0.3) is 11.8 Å². The number of aryl methyl sites for hydroxylation is 1. The molecular formula is C29H31F3N6O2. The number of imidazole rings is 1. The van der Waals surface area contributed by atoms with Gasteiger partial charge in [-0.25, -0.2) is 4.98 Å². The number of carbonyl (C=O) groups is 2. The van der Waals surface area contributed by atoms with Crippen molar-refractivity contribution < 1.29 is 22.8 Å². The third-order valence-electron chi connectivity index (χ3n) is 6.91. The second-order valence-corrected chi connectivity index (χ2v) is 9.79. The number of hydrogen-bond donors (Lipinski definition) is 2. The fourth-order valence-corrected chi connectivity index (χ4v) is 4.38. The molecule has 1 fully saturated rings. The Bertz CT molecular complexity index is 1480.